The number of fused-ring (bicyclic) bond motifs is 3. The Morgan fingerprint density at radius 1 is 0.921 bits per heavy atom. The summed E-state index contributed by atoms with van der Waals surface area (Å²) in [5.74, 6) is 0.617. The van der Waals surface area contributed by atoms with Crippen LogP contribution in [0.2, 0.25) is 0 Å². The van der Waals surface area contributed by atoms with Gasteiger partial charge in [0, 0.05) is 35.2 Å². The molecule has 0 spiro atoms. The van der Waals surface area contributed by atoms with Crippen molar-refractivity contribution in [2.75, 3.05) is 14.1 Å². The summed E-state index contributed by atoms with van der Waals surface area (Å²) < 4.78 is 0. The van der Waals surface area contributed by atoms with E-state index in [1.807, 2.05) is 18.3 Å². The van der Waals surface area contributed by atoms with Gasteiger partial charge in [0.05, 0.1) is 0 Å². The molecule has 0 radical (unpaired) electrons. The van der Waals surface area contributed by atoms with E-state index >= 15 is 0 Å². The predicted molar refractivity (Wildman–Crippen MR) is 161 cm³/mol. The van der Waals surface area contributed by atoms with E-state index in [9.17, 15) is 0 Å². The minimum absolute atomic E-state index is 0.107. The molecule has 0 saturated carbocycles. The number of rotatable bonds is 4. The van der Waals surface area contributed by atoms with Crippen molar-refractivity contribution in [2.45, 2.75) is 50.5 Å². The Kier molecular flexibility index (Phi) is 10.3. The van der Waals surface area contributed by atoms with Gasteiger partial charge in [0.2, 0.25) is 0 Å². The van der Waals surface area contributed by atoms with E-state index in [0.29, 0.717) is 17.6 Å². The van der Waals surface area contributed by atoms with Gasteiger partial charge in [-0.2, -0.15) is 18.2 Å². The van der Waals surface area contributed by atoms with Crippen LogP contribution in [-0.2, 0) is 18.2 Å². The molecule has 0 amide bonds. The summed E-state index contributed by atoms with van der Waals surface area (Å²) in [7, 11) is 8.58. The van der Waals surface area contributed by atoms with Crippen LogP contribution in [0.4, 0.5) is 0 Å². The Labute approximate surface area is 244 Å². The van der Waals surface area contributed by atoms with Gasteiger partial charge < -0.3 is 4.90 Å². The van der Waals surface area contributed by atoms with Gasteiger partial charge in [-0.05, 0) is 58.7 Å². The second-order valence-electron chi connectivity index (χ2n) is 10.3. The van der Waals surface area contributed by atoms with Gasteiger partial charge in [0.15, 0.2) is 0 Å². The maximum absolute atomic E-state index is 4.65. The van der Waals surface area contributed by atoms with E-state index in [4.69, 9.17) is 0 Å². The fourth-order valence-corrected chi connectivity index (χ4v) is 9.81. The zero-order valence-corrected chi connectivity index (χ0v) is 25.9. The first-order valence-electron chi connectivity index (χ1n) is 13.1. The number of hydrogen-bond acceptors (Lipinski definition) is 2. The van der Waals surface area contributed by atoms with E-state index < -0.39 is 0 Å². The fraction of sp³-hybridized carbons (Fsp3) is 0.303. The molecule has 0 N–H and O–H groups in total. The van der Waals surface area contributed by atoms with E-state index in [1.165, 1.54) is 28.5 Å². The average Bonchev–Trinajstić information content (AvgIpc) is 3.48. The molecule has 38 heavy (non-hydrogen) atoms. The molecule has 1 fully saturated rings. The van der Waals surface area contributed by atoms with E-state index in [-0.39, 0.29) is 7.92 Å². The van der Waals surface area contributed by atoms with E-state index in [1.54, 1.807) is 16.5 Å². The summed E-state index contributed by atoms with van der Waals surface area (Å²) in [5, 5.41) is 4.17. The van der Waals surface area contributed by atoms with Crippen molar-refractivity contribution in [3.63, 3.8) is 0 Å². The first-order valence-corrected chi connectivity index (χ1v) is 16.5. The summed E-state index contributed by atoms with van der Waals surface area (Å²) >= 11 is 2.22. The Morgan fingerprint density at radius 3 is 2.29 bits per heavy atom. The second-order valence-corrected chi connectivity index (χ2v) is 12.8. The number of pyridine rings is 1. The SMILES string of the molecule is CC1=C(C)[C@@H]2[C@H](c3ccccn3)C[C@H]1[P@@]2c1ccccc1.C[C@@H](c1[c-]ccc2ccccc12)N(C)C.[Cl][Pd+]. The van der Waals surface area contributed by atoms with Crippen LogP contribution in [0, 0.1) is 6.07 Å². The number of hydrogen-bond donors (Lipinski definition) is 0. The van der Waals surface area contributed by atoms with Gasteiger partial charge in [-0.3, -0.25) is 4.98 Å². The maximum atomic E-state index is 4.65. The molecule has 0 aliphatic carbocycles. The summed E-state index contributed by atoms with van der Waals surface area (Å²) in [6.07, 6.45) is 3.23. The molecule has 2 nitrogen and oxygen atoms in total. The minimum atomic E-state index is -0.107. The monoisotopic (exact) mass is 632 g/mol. The summed E-state index contributed by atoms with van der Waals surface area (Å²) in [6.45, 7) is 6.92. The zero-order chi connectivity index (χ0) is 27.2. The molecule has 1 saturated heterocycles. The molecule has 1 aromatic heterocycles. The van der Waals surface area contributed by atoms with Gasteiger partial charge in [-0.1, -0.05) is 73.7 Å². The van der Waals surface area contributed by atoms with Crippen LogP contribution < -0.4 is 5.30 Å². The molecular formula is C33H36ClN2PPd. The number of halogens is 1. The first-order chi connectivity index (χ1) is 18.5. The molecular weight excluding hydrogens is 597 g/mol. The van der Waals surface area contributed by atoms with Gasteiger partial charge in [-0.25, -0.2) is 0 Å². The van der Waals surface area contributed by atoms with Crippen LogP contribution in [0.5, 0.6) is 0 Å². The molecule has 4 aromatic rings. The van der Waals surface area contributed by atoms with Crippen molar-refractivity contribution in [1.29, 1.82) is 0 Å². The topological polar surface area (TPSA) is 16.1 Å². The molecule has 0 unspecified atom stereocenters. The molecule has 5 atom stereocenters. The molecule has 2 aliphatic rings. The molecule has 3 heterocycles. The Morgan fingerprint density at radius 2 is 1.61 bits per heavy atom. The van der Waals surface area contributed by atoms with Crippen LogP contribution >= 0.6 is 17.5 Å². The Balaban J connectivity index is 0.000000175. The first kappa shape index (κ1) is 29.1. The number of aromatic nitrogens is 1. The summed E-state index contributed by atoms with van der Waals surface area (Å²) in [5.41, 5.74) is 7.32. The van der Waals surface area contributed by atoms with Crippen LogP contribution in [0.15, 0.2) is 102 Å². The molecule has 2 aliphatic heterocycles. The molecule has 2 bridgehead atoms. The Bertz CT molecular complexity index is 1350. The molecule has 5 heteroatoms. The molecule has 3 aromatic carbocycles. The van der Waals surface area contributed by atoms with Crippen LogP contribution in [0.1, 0.15) is 50.4 Å². The van der Waals surface area contributed by atoms with Gasteiger partial charge >= 0.3 is 27.7 Å². The average molecular weight is 634 g/mol. The standard InChI is InChI=1S/C19H20NP.C14H16N.ClH.Pd/c1-13-14(2)19-16(17-10-6-7-11-20-17)12-18(13)21(19)15-8-4-3-5-9-15;1-11(15(2)3)13-10-6-8-12-7-4-5-9-14(12)13;;/h3-11,16,18-19H,12H2,1-2H3;4-9,11H,1-3H3;1H;/q;-1;;+2/p-1/t16-,18+,19+,21+;11-;;/m00../s1. The van der Waals surface area contributed by atoms with Gasteiger partial charge in [-0.15, -0.1) is 22.4 Å². The number of nitrogens with zero attached hydrogens (tertiary/aromatic N) is 2. The van der Waals surface area contributed by atoms with Crippen molar-refractivity contribution in [2.24, 2.45) is 0 Å². The second kappa shape index (κ2) is 13.5. The Hall–Kier alpha value is -1.85. The molecule has 200 valence electrons. The van der Waals surface area contributed by atoms with Crippen molar-refractivity contribution in [1.82, 2.24) is 9.88 Å². The van der Waals surface area contributed by atoms with Crippen molar-refractivity contribution in [3.8, 4) is 0 Å². The quantitative estimate of drug-likeness (QED) is 0.0972. The molecule has 6 rings (SSSR count). The fourth-order valence-electron chi connectivity index (χ4n) is 5.87. The number of benzene rings is 3. The van der Waals surface area contributed by atoms with Gasteiger partial charge in [0.1, 0.15) is 0 Å². The van der Waals surface area contributed by atoms with E-state index in [0.717, 1.165) is 5.66 Å². The van der Waals surface area contributed by atoms with Gasteiger partial charge in [0.25, 0.3) is 0 Å². The van der Waals surface area contributed by atoms with Crippen molar-refractivity contribution in [3.05, 3.63) is 120 Å². The predicted octanol–water partition coefficient (Wildman–Crippen LogP) is 8.41. The third kappa shape index (κ3) is 5.99. The zero-order valence-electron chi connectivity index (χ0n) is 22.7. The van der Waals surface area contributed by atoms with E-state index in [2.05, 4.69) is 151 Å². The normalized spacial score (nSPS) is 22.6. The summed E-state index contributed by atoms with van der Waals surface area (Å²) in [6, 6.07) is 33.9. The van der Waals surface area contributed by atoms with Crippen LogP contribution in [0.3, 0.4) is 0 Å². The third-order valence-corrected chi connectivity index (χ3v) is 11.6. The summed E-state index contributed by atoms with van der Waals surface area (Å²) in [4.78, 5) is 6.86. The van der Waals surface area contributed by atoms with Crippen molar-refractivity contribution < 1.29 is 18.2 Å². The third-order valence-electron chi connectivity index (χ3n) is 8.13. The van der Waals surface area contributed by atoms with Crippen LogP contribution in [-0.4, -0.2) is 35.3 Å². The van der Waals surface area contributed by atoms with Crippen molar-refractivity contribution >= 4 is 33.5 Å². The van der Waals surface area contributed by atoms with Crippen LogP contribution in [0.25, 0.3) is 10.8 Å². The number of allylic oxidation sites excluding steroid dienone is 2.